The first-order valence-corrected chi connectivity index (χ1v) is 21.3. The Balaban J connectivity index is 3.53. The molecule has 51 heavy (non-hydrogen) atoms. The van der Waals surface area contributed by atoms with Crippen molar-refractivity contribution in [3.8, 4) is 0 Å². The molecule has 0 bridgehead atoms. The number of carbonyl (C=O) groups is 2. The zero-order valence-electron chi connectivity index (χ0n) is 33.4. The monoisotopic (exact) mass is 713 g/mol. The molecule has 0 aromatic heterocycles. The van der Waals surface area contributed by atoms with Crippen molar-refractivity contribution in [1.29, 1.82) is 0 Å². The van der Waals surface area contributed by atoms with Crippen molar-refractivity contribution in [3.63, 3.8) is 0 Å². The molecule has 1 N–H and O–H groups in total. The van der Waals surface area contributed by atoms with E-state index in [1.54, 1.807) is 0 Å². The van der Waals surface area contributed by atoms with Crippen LogP contribution >= 0.6 is 0 Å². The minimum Gasteiger partial charge on any atom is -0.462 e. The first-order valence-electron chi connectivity index (χ1n) is 21.3. The van der Waals surface area contributed by atoms with Gasteiger partial charge in [-0.2, -0.15) is 0 Å². The quantitative estimate of drug-likeness (QED) is 0.0392. The molecule has 0 radical (unpaired) electrons. The smallest absolute Gasteiger partial charge is 0.306 e. The molecule has 0 amide bonds. The number of rotatable bonds is 38. The lowest BCUT2D eigenvalue weighted by molar-refractivity contribution is -0.161. The molecular weight excluding hydrogens is 633 g/mol. The maximum Gasteiger partial charge on any atom is 0.306 e. The predicted octanol–water partition coefficient (Wildman–Crippen LogP) is 13.6. The highest BCUT2D eigenvalue weighted by molar-refractivity contribution is 5.70. The number of carbonyl (C=O) groups excluding carboxylic acids is 2. The van der Waals surface area contributed by atoms with Crippen LogP contribution < -0.4 is 0 Å². The summed E-state index contributed by atoms with van der Waals surface area (Å²) in [5.41, 5.74) is 0. The molecule has 294 valence electrons. The van der Waals surface area contributed by atoms with Gasteiger partial charge in [-0.05, 0) is 77.0 Å². The van der Waals surface area contributed by atoms with Gasteiger partial charge in [0, 0.05) is 12.8 Å². The van der Waals surface area contributed by atoms with Crippen molar-refractivity contribution in [3.05, 3.63) is 60.8 Å². The van der Waals surface area contributed by atoms with Crippen molar-refractivity contribution < 1.29 is 24.2 Å². The fourth-order valence-corrected chi connectivity index (χ4v) is 5.83. The summed E-state index contributed by atoms with van der Waals surface area (Å²) < 4.78 is 10.6. The zero-order chi connectivity index (χ0) is 37.1. The summed E-state index contributed by atoms with van der Waals surface area (Å²) in [6.07, 6.45) is 54.4. The van der Waals surface area contributed by atoms with Crippen LogP contribution in [-0.4, -0.2) is 36.4 Å². The van der Waals surface area contributed by atoms with Crippen LogP contribution in [0.4, 0.5) is 0 Å². The Labute approximate surface area is 315 Å². The molecule has 5 nitrogen and oxygen atoms in total. The molecule has 0 saturated carbocycles. The van der Waals surface area contributed by atoms with Gasteiger partial charge >= 0.3 is 11.9 Å². The lowest BCUT2D eigenvalue weighted by Crippen LogP contribution is -2.28. The van der Waals surface area contributed by atoms with Crippen LogP contribution in [0.25, 0.3) is 0 Å². The van der Waals surface area contributed by atoms with Crippen molar-refractivity contribution >= 4 is 11.9 Å². The standard InChI is InChI=1S/C46H80O5/c1-3-5-7-9-11-13-15-17-18-19-20-21-22-23-24-25-26-27-28-29-31-33-35-37-39-41-46(49)51-44(42-47)43-50-45(48)40-38-36-34-32-30-16-14-12-10-8-6-4-2/h5,7,11-14,17-18,20-21,44,47H,3-4,6,8-10,15-16,19,22-43H2,1-2H3/b7-5-,13-11-,14-12-,18-17-,21-20-. The topological polar surface area (TPSA) is 72.8 Å². The maximum atomic E-state index is 12.2. The highest BCUT2D eigenvalue weighted by Crippen LogP contribution is 2.14. The molecule has 0 aliphatic heterocycles. The van der Waals surface area contributed by atoms with E-state index in [2.05, 4.69) is 74.6 Å². The number of esters is 2. The van der Waals surface area contributed by atoms with Crippen LogP contribution in [0, 0.1) is 0 Å². The molecule has 1 unspecified atom stereocenters. The van der Waals surface area contributed by atoms with E-state index >= 15 is 0 Å². The average Bonchev–Trinajstić information content (AvgIpc) is 3.13. The molecule has 5 heteroatoms. The van der Waals surface area contributed by atoms with Crippen molar-refractivity contribution in [2.45, 2.75) is 206 Å². The molecule has 0 aromatic rings. The molecule has 0 fully saturated rings. The second-order valence-electron chi connectivity index (χ2n) is 14.0. The second kappa shape index (κ2) is 42.0. The number of aliphatic hydroxyl groups is 1. The van der Waals surface area contributed by atoms with Crippen LogP contribution in [0.2, 0.25) is 0 Å². The Morgan fingerprint density at radius 1 is 0.471 bits per heavy atom. The lowest BCUT2D eigenvalue weighted by Gasteiger charge is -2.15. The number of unbranched alkanes of at least 4 members (excludes halogenated alkanes) is 20. The molecule has 0 rings (SSSR count). The number of aliphatic hydroxyl groups excluding tert-OH is 1. The van der Waals surface area contributed by atoms with Gasteiger partial charge in [-0.3, -0.25) is 9.59 Å². The summed E-state index contributed by atoms with van der Waals surface area (Å²) in [7, 11) is 0. The van der Waals surface area contributed by atoms with Crippen LogP contribution in [0.5, 0.6) is 0 Å². The van der Waals surface area contributed by atoms with E-state index in [0.717, 1.165) is 70.6 Å². The van der Waals surface area contributed by atoms with E-state index in [1.807, 2.05) is 0 Å². The summed E-state index contributed by atoms with van der Waals surface area (Å²) in [6.45, 7) is 3.99. The van der Waals surface area contributed by atoms with Gasteiger partial charge in [-0.15, -0.1) is 0 Å². The second-order valence-corrected chi connectivity index (χ2v) is 14.0. The summed E-state index contributed by atoms with van der Waals surface area (Å²) in [5.74, 6) is -0.604. The van der Waals surface area contributed by atoms with Gasteiger partial charge in [0.2, 0.25) is 0 Å². The van der Waals surface area contributed by atoms with Gasteiger partial charge < -0.3 is 14.6 Å². The minimum absolute atomic E-state index is 0.0717. The van der Waals surface area contributed by atoms with E-state index in [4.69, 9.17) is 9.47 Å². The molecule has 0 spiro atoms. The molecule has 0 aromatic carbocycles. The molecule has 0 aliphatic carbocycles. The first-order chi connectivity index (χ1) is 25.1. The van der Waals surface area contributed by atoms with E-state index < -0.39 is 6.10 Å². The summed E-state index contributed by atoms with van der Waals surface area (Å²) in [6, 6.07) is 0. The third-order valence-corrected chi connectivity index (χ3v) is 9.05. The van der Waals surface area contributed by atoms with E-state index in [0.29, 0.717) is 12.8 Å². The van der Waals surface area contributed by atoms with E-state index in [1.165, 1.54) is 103 Å². The van der Waals surface area contributed by atoms with Crippen molar-refractivity contribution in [2.24, 2.45) is 0 Å². The maximum absolute atomic E-state index is 12.2. The third kappa shape index (κ3) is 40.2. The average molecular weight is 713 g/mol. The van der Waals surface area contributed by atoms with Gasteiger partial charge in [-0.1, -0.05) is 171 Å². The molecular formula is C46H80O5. The first kappa shape index (κ1) is 48.6. The summed E-state index contributed by atoms with van der Waals surface area (Å²) >= 11 is 0. The normalized spacial score (nSPS) is 12.8. The molecule has 0 aliphatic rings. The van der Waals surface area contributed by atoms with Gasteiger partial charge in [0.25, 0.3) is 0 Å². The number of hydrogen-bond acceptors (Lipinski definition) is 5. The third-order valence-electron chi connectivity index (χ3n) is 9.05. The van der Waals surface area contributed by atoms with Crippen LogP contribution in [0.1, 0.15) is 200 Å². The largest absolute Gasteiger partial charge is 0.462 e. The summed E-state index contributed by atoms with van der Waals surface area (Å²) in [5, 5.41) is 9.56. The SMILES string of the molecule is CC/C=C\C/C=C\C/C=C\C/C=C\CCCCCCCCCCCCCCC(=O)OC(CO)COC(=O)CCCCCCC/C=C\CCCCC. The molecule has 0 saturated heterocycles. The Morgan fingerprint density at radius 2 is 0.843 bits per heavy atom. The Kier molecular flexibility index (Phi) is 40.0. The molecule has 1 atom stereocenters. The van der Waals surface area contributed by atoms with Crippen LogP contribution in [0.15, 0.2) is 60.8 Å². The van der Waals surface area contributed by atoms with Crippen molar-refractivity contribution in [2.75, 3.05) is 13.2 Å². The predicted molar refractivity (Wildman–Crippen MR) is 219 cm³/mol. The Bertz CT molecular complexity index is 899. The van der Waals surface area contributed by atoms with Crippen LogP contribution in [0.3, 0.4) is 0 Å². The number of allylic oxidation sites excluding steroid dienone is 10. The minimum atomic E-state index is -0.776. The van der Waals surface area contributed by atoms with Gasteiger partial charge in [-0.25, -0.2) is 0 Å². The van der Waals surface area contributed by atoms with Crippen molar-refractivity contribution in [1.82, 2.24) is 0 Å². The van der Waals surface area contributed by atoms with Gasteiger partial charge in [0.15, 0.2) is 6.10 Å². The number of hydrogen-bond donors (Lipinski definition) is 1. The molecule has 0 heterocycles. The fourth-order valence-electron chi connectivity index (χ4n) is 5.83. The van der Waals surface area contributed by atoms with Gasteiger partial charge in [0.05, 0.1) is 6.61 Å². The Hall–Kier alpha value is -2.40. The van der Waals surface area contributed by atoms with E-state index in [-0.39, 0.29) is 25.2 Å². The van der Waals surface area contributed by atoms with Gasteiger partial charge in [0.1, 0.15) is 6.61 Å². The number of ether oxygens (including phenoxy) is 2. The lowest BCUT2D eigenvalue weighted by atomic mass is 10.0. The Morgan fingerprint density at radius 3 is 1.29 bits per heavy atom. The van der Waals surface area contributed by atoms with E-state index in [9.17, 15) is 14.7 Å². The fraction of sp³-hybridized carbons (Fsp3) is 0.739. The zero-order valence-corrected chi connectivity index (χ0v) is 33.4. The highest BCUT2D eigenvalue weighted by atomic mass is 16.6. The van der Waals surface area contributed by atoms with Crippen LogP contribution in [-0.2, 0) is 19.1 Å². The summed E-state index contributed by atoms with van der Waals surface area (Å²) in [4.78, 5) is 24.3. The highest BCUT2D eigenvalue weighted by Gasteiger charge is 2.16.